The number of nitrogens with zero attached hydrogens (tertiary/aromatic N) is 4. The zero-order valence-corrected chi connectivity index (χ0v) is 27.6. The number of hydrogen-bond donors (Lipinski definition) is 0. The summed E-state index contributed by atoms with van der Waals surface area (Å²) in [5.74, 6) is 4.11. The first kappa shape index (κ1) is 30.0. The lowest BCUT2D eigenvalue weighted by Crippen LogP contribution is -2.63. The Balaban J connectivity index is 0.000000161. The summed E-state index contributed by atoms with van der Waals surface area (Å²) in [5, 5.41) is 0. The minimum absolute atomic E-state index is 0.167. The van der Waals surface area contributed by atoms with Gasteiger partial charge in [-0.3, -0.25) is 18.3 Å². The first-order valence-corrected chi connectivity index (χ1v) is 17.9. The van der Waals surface area contributed by atoms with Gasteiger partial charge in [0.25, 0.3) is 0 Å². The highest BCUT2D eigenvalue weighted by Gasteiger charge is 2.40. The third-order valence-electron chi connectivity index (χ3n) is 12.3. The van der Waals surface area contributed by atoms with Crippen LogP contribution < -0.4 is 20.6 Å². The van der Waals surface area contributed by atoms with Crippen molar-refractivity contribution in [2.45, 2.75) is 180 Å². The molecule has 40 heavy (non-hydrogen) atoms. The van der Waals surface area contributed by atoms with E-state index in [0.717, 1.165) is 23.3 Å². The highest BCUT2D eigenvalue weighted by atomic mass is 15.2. The van der Waals surface area contributed by atoms with E-state index in [4.69, 9.17) is 0 Å². The Morgan fingerprint density at radius 1 is 0.525 bits per heavy atom. The average Bonchev–Trinajstić information content (AvgIpc) is 3.54. The molecule has 2 aromatic rings. The second-order valence-electron chi connectivity index (χ2n) is 15.9. The molecule has 0 atom stereocenters. The van der Waals surface area contributed by atoms with E-state index in [-0.39, 0.29) is 13.4 Å². The Labute approximate surface area is 247 Å². The molecule has 224 valence electrons. The minimum atomic E-state index is -0.167. The third kappa shape index (κ3) is 5.89. The summed E-state index contributed by atoms with van der Waals surface area (Å²) in [6.45, 7) is 18.4. The molecule has 4 nitrogen and oxygen atoms in total. The van der Waals surface area contributed by atoms with Crippen molar-refractivity contribution < 1.29 is 9.13 Å². The van der Waals surface area contributed by atoms with Crippen LogP contribution in [0.25, 0.3) is 0 Å². The fraction of sp³-hybridized carbons (Fsp3) is 0.824. The van der Waals surface area contributed by atoms with Crippen LogP contribution in [0.2, 0.25) is 23.3 Å². The highest BCUT2D eigenvalue weighted by molar-refractivity contribution is 6.74. The fourth-order valence-corrected chi connectivity index (χ4v) is 10.7. The molecule has 4 saturated heterocycles. The molecule has 6 heterocycles. The lowest BCUT2D eigenvalue weighted by Gasteiger charge is -2.46. The maximum Gasteiger partial charge on any atom is 0.126 e. The van der Waals surface area contributed by atoms with Crippen molar-refractivity contribution in [3.05, 3.63) is 24.8 Å². The number of aromatic nitrogens is 4. The van der Waals surface area contributed by atoms with Crippen LogP contribution in [-0.2, 0) is 0 Å². The van der Waals surface area contributed by atoms with Crippen molar-refractivity contribution in [3.63, 3.8) is 0 Å². The topological polar surface area (TPSA) is 17.6 Å². The summed E-state index contributed by atoms with van der Waals surface area (Å²) in [4.78, 5) is 0. The summed E-state index contributed by atoms with van der Waals surface area (Å²) in [5.41, 5.74) is 3.42. The standard InChI is InChI=1S/2C17H31BN2/c2*1-13(2)19-11-12-20(14(3)4)17(19)18-15-7-5-8-16(18)10-6-9-15/h2*11-16,18H,5-10H2,1-4H3. The van der Waals surface area contributed by atoms with E-state index in [9.17, 15) is 0 Å². The molecule has 0 saturated carbocycles. The molecular weight excluding hydrogens is 486 g/mol. The molecule has 4 fully saturated rings. The highest BCUT2D eigenvalue weighted by Crippen LogP contribution is 2.47. The molecule has 0 unspecified atom stereocenters. The largest absolute Gasteiger partial charge is 0.269 e. The van der Waals surface area contributed by atoms with Crippen LogP contribution in [0.15, 0.2) is 24.8 Å². The van der Waals surface area contributed by atoms with Crippen LogP contribution in [0.3, 0.4) is 0 Å². The van der Waals surface area contributed by atoms with Gasteiger partial charge in [0.1, 0.15) is 38.2 Å². The third-order valence-corrected chi connectivity index (χ3v) is 12.3. The maximum absolute atomic E-state index is 2.59. The van der Waals surface area contributed by atoms with E-state index in [2.05, 4.69) is 98.4 Å². The van der Waals surface area contributed by atoms with Crippen molar-refractivity contribution in [2.75, 3.05) is 0 Å². The van der Waals surface area contributed by atoms with Gasteiger partial charge in [0, 0.05) is 0 Å². The van der Waals surface area contributed by atoms with Gasteiger partial charge in [-0.05, 0) is 55.4 Å². The van der Waals surface area contributed by atoms with E-state index >= 15 is 0 Å². The Morgan fingerprint density at radius 2 is 0.800 bits per heavy atom. The van der Waals surface area contributed by atoms with Gasteiger partial charge < -0.3 is 0 Å². The minimum Gasteiger partial charge on any atom is -0.269 e. The van der Waals surface area contributed by atoms with Crippen molar-refractivity contribution in [1.82, 2.24) is 9.13 Å². The van der Waals surface area contributed by atoms with Gasteiger partial charge in [0.15, 0.2) is 0 Å². The van der Waals surface area contributed by atoms with Gasteiger partial charge in [-0.2, -0.15) is 23.3 Å². The Kier molecular flexibility index (Phi) is 9.62. The SMILES string of the molecule is CC(C)n1cc[n+](C(C)C)c1[BH-]1C2CCCC1CCC2.CC(C)n1cc[n+](C(C)C)c1[BH-]1C2CCCC1CCC2. The van der Waals surface area contributed by atoms with Crippen LogP contribution in [0.5, 0.6) is 0 Å². The van der Waals surface area contributed by atoms with Crippen molar-refractivity contribution >= 4 is 24.9 Å². The number of fused-ring (bicyclic) bond motifs is 4. The molecule has 0 aromatic carbocycles. The van der Waals surface area contributed by atoms with Crippen LogP contribution >= 0.6 is 0 Å². The predicted octanol–water partition coefficient (Wildman–Crippen LogP) is 6.96. The molecule has 0 radical (unpaired) electrons. The van der Waals surface area contributed by atoms with Gasteiger partial charge in [-0.15, -0.1) is 0 Å². The second-order valence-corrected chi connectivity index (χ2v) is 15.9. The molecule has 0 aliphatic carbocycles. The normalized spacial score (nSPS) is 30.2. The zero-order chi connectivity index (χ0) is 28.6. The van der Waals surface area contributed by atoms with E-state index in [1.54, 1.807) is 11.4 Å². The predicted molar refractivity (Wildman–Crippen MR) is 175 cm³/mol. The zero-order valence-electron chi connectivity index (χ0n) is 27.6. The number of hydrogen-bond acceptors (Lipinski definition) is 0. The first-order valence-electron chi connectivity index (χ1n) is 17.9. The summed E-state index contributed by atoms with van der Waals surface area (Å²) < 4.78 is 10.4. The molecule has 0 N–H and O–H groups in total. The van der Waals surface area contributed by atoms with E-state index in [0.29, 0.717) is 24.2 Å². The van der Waals surface area contributed by atoms with Gasteiger partial charge >= 0.3 is 0 Å². The van der Waals surface area contributed by atoms with Gasteiger partial charge in [0.05, 0.1) is 35.6 Å². The fourth-order valence-electron chi connectivity index (χ4n) is 10.7. The molecule has 6 heteroatoms. The van der Waals surface area contributed by atoms with Gasteiger partial charge in [0.2, 0.25) is 0 Å². The van der Waals surface area contributed by atoms with Gasteiger partial charge in [-0.25, -0.2) is 0 Å². The van der Waals surface area contributed by atoms with E-state index in [1.165, 1.54) is 77.0 Å². The molecule has 2 aromatic heterocycles. The van der Waals surface area contributed by atoms with Crippen LogP contribution in [0.1, 0.15) is 157 Å². The molecule has 4 aliphatic heterocycles. The molecule has 0 amide bonds. The van der Waals surface area contributed by atoms with Crippen molar-refractivity contribution in [2.24, 2.45) is 0 Å². The molecule has 4 aliphatic rings. The molecule has 6 rings (SSSR count). The van der Waals surface area contributed by atoms with Gasteiger partial charge in [-0.1, -0.05) is 77.0 Å². The second kappa shape index (κ2) is 12.8. The summed E-state index contributed by atoms with van der Waals surface area (Å²) in [6, 6.07) is 2.39. The van der Waals surface area contributed by atoms with Crippen LogP contribution in [-0.4, -0.2) is 22.6 Å². The quantitative estimate of drug-likeness (QED) is 0.275. The monoisotopic (exact) mass is 549 g/mol. The first-order chi connectivity index (χ1) is 19.2. The Hall–Kier alpha value is -1.45. The summed E-state index contributed by atoms with van der Waals surface area (Å²) in [7, 11) is 0. The van der Waals surface area contributed by atoms with Crippen LogP contribution in [0.4, 0.5) is 0 Å². The van der Waals surface area contributed by atoms with E-state index in [1.807, 2.05) is 0 Å². The summed E-state index contributed by atoms with van der Waals surface area (Å²) >= 11 is 0. The van der Waals surface area contributed by atoms with E-state index < -0.39 is 0 Å². The lowest BCUT2D eigenvalue weighted by molar-refractivity contribution is -0.699. The number of rotatable bonds is 6. The average molecular weight is 549 g/mol. The maximum atomic E-state index is 2.59. The summed E-state index contributed by atoms with van der Waals surface area (Å²) in [6.07, 6.45) is 27.3. The van der Waals surface area contributed by atoms with Crippen molar-refractivity contribution in [3.8, 4) is 0 Å². The smallest absolute Gasteiger partial charge is 0.126 e. The Bertz CT molecular complexity index is 918. The van der Waals surface area contributed by atoms with Crippen molar-refractivity contribution in [1.29, 1.82) is 0 Å². The molecule has 4 bridgehead atoms. The van der Waals surface area contributed by atoms with Crippen LogP contribution in [0, 0.1) is 0 Å². The Morgan fingerprint density at radius 3 is 1.02 bits per heavy atom. The lowest BCUT2D eigenvalue weighted by atomic mass is 9.26. The molecule has 0 spiro atoms. The molecular formula is C34H62B2N4. The number of imidazole rings is 2.